The van der Waals surface area contributed by atoms with Crippen LogP contribution in [0.15, 0.2) is 49.3 Å². The van der Waals surface area contributed by atoms with E-state index in [0.717, 1.165) is 49.1 Å². The van der Waals surface area contributed by atoms with Gasteiger partial charge in [0.05, 0.1) is 20.3 Å². The molecule has 1 aliphatic rings. The Labute approximate surface area is 170 Å². The van der Waals surface area contributed by atoms with E-state index in [1.807, 2.05) is 41.2 Å². The zero-order valence-electron chi connectivity index (χ0n) is 16.2. The number of piperazine rings is 1. The van der Waals surface area contributed by atoms with Crippen LogP contribution < -0.4 is 10.1 Å². The summed E-state index contributed by atoms with van der Waals surface area (Å²) in [4.78, 5) is 16.4. The minimum absolute atomic E-state index is 0.0483. The van der Waals surface area contributed by atoms with Gasteiger partial charge < -0.3 is 14.6 Å². The maximum atomic E-state index is 11.8. The highest BCUT2D eigenvalue weighted by Gasteiger charge is 2.19. The molecule has 0 spiro atoms. The minimum Gasteiger partial charge on any atom is -0.497 e. The first kappa shape index (κ1) is 20.3. The van der Waals surface area contributed by atoms with Gasteiger partial charge in [-0.3, -0.25) is 19.2 Å². The van der Waals surface area contributed by atoms with E-state index in [1.165, 1.54) is 0 Å². The van der Waals surface area contributed by atoms with E-state index in [4.69, 9.17) is 17.0 Å². The van der Waals surface area contributed by atoms with E-state index in [2.05, 4.69) is 26.3 Å². The second-order valence-electron chi connectivity index (χ2n) is 6.75. The maximum Gasteiger partial charge on any atom is 0.234 e. The Hall–Kier alpha value is -2.42. The van der Waals surface area contributed by atoms with Crippen LogP contribution in [0.2, 0.25) is 0 Å². The van der Waals surface area contributed by atoms with Crippen LogP contribution in [0.4, 0.5) is 0 Å². The molecule has 28 heavy (non-hydrogen) atoms. The van der Waals surface area contributed by atoms with Crippen molar-refractivity contribution in [1.29, 1.82) is 0 Å². The van der Waals surface area contributed by atoms with E-state index >= 15 is 0 Å². The number of aromatic nitrogens is 2. The van der Waals surface area contributed by atoms with Crippen molar-refractivity contribution in [2.75, 3.05) is 46.4 Å². The molecule has 0 bridgehead atoms. The summed E-state index contributed by atoms with van der Waals surface area (Å²) in [5.74, 6) is 0.873. The molecule has 3 rings (SSSR count). The topological polar surface area (TPSA) is 54.7 Å². The average Bonchev–Trinajstić information content (AvgIpc) is 3.08. The fraction of sp³-hybridized carbons (Fsp3) is 0.400. The summed E-state index contributed by atoms with van der Waals surface area (Å²) < 4.78 is 10.0. The zero-order valence-corrected chi connectivity index (χ0v) is 17.0. The Bertz CT molecular complexity index is 850. The van der Waals surface area contributed by atoms with Gasteiger partial charge in [-0.15, -0.1) is 6.58 Å². The van der Waals surface area contributed by atoms with E-state index in [1.54, 1.807) is 13.2 Å². The van der Waals surface area contributed by atoms with Gasteiger partial charge in [0.25, 0.3) is 0 Å². The van der Waals surface area contributed by atoms with Crippen LogP contribution in [-0.2, 0) is 11.5 Å². The van der Waals surface area contributed by atoms with Crippen molar-refractivity contribution in [3.05, 3.63) is 54.1 Å². The molecule has 1 fully saturated rings. The maximum absolute atomic E-state index is 11.8. The van der Waals surface area contributed by atoms with Gasteiger partial charge in [-0.1, -0.05) is 6.08 Å². The molecule has 7 nitrogen and oxygen atoms in total. The van der Waals surface area contributed by atoms with Gasteiger partial charge in [0, 0.05) is 50.8 Å². The third-order valence-corrected chi connectivity index (χ3v) is 5.26. The van der Waals surface area contributed by atoms with Crippen molar-refractivity contribution in [3.8, 4) is 11.4 Å². The quantitative estimate of drug-likeness (QED) is 0.541. The summed E-state index contributed by atoms with van der Waals surface area (Å²) in [5.41, 5.74) is 1.01. The molecular weight excluding hydrogens is 374 g/mol. The summed E-state index contributed by atoms with van der Waals surface area (Å²) in [7, 11) is 1.66. The lowest BCUT2D eigenvalue weighted by Crippen LogP contribution is -2.49. The largest absolute Gasteiger partial charge is 0.497 e. The van der Waals surface area contributed by atoms with Gasteiger partial charge in [0.2, 0.25) is 5.91 Å². The number of ether oxygens (including phenoxy) is 1. The van der Waals surface area contributed by atoms with Crippen molar-refractivity contribution >= 4 is 18.1 Å². The van der Waals surface area contributed by atoms with Gasteiger partial charge in [-0.2, -0.15) is 0 Å². The van der Waals surface area contributed by atoms with E-state index < -0.39 is 0 Å². The van der Waals surface area contributed by atoms with Crippen molar-refractivity contribution in [2.24, 2.45) is 0 Å². The molecule has 0 aliphatic carbocycles. The van der Waals surface area contributed by atoms with Crippen LogP contribution in [0.1, 0.15) is 0 Å². The molecule has 0 radical (unpaired) electrons. The second-order valence-corrected chi connectivity index (χ2v) is 7.11. The number of nitrogens with one attached hydrogen (secondary N) is 1. The fourth-order valence-corrected chi connectivity index (χ4v) is 3.49. The van der Waals surface area contributed by atoms with E-state index in [0.29, 0.717) is 13.1 Å². The summed E-state index contributed by atoms with van der Waals surface area (Å²) in [6.45, 7) is 8.87. The molecule has 1 N–H and O–H groups in total. The molecule has 2 heterocycles. The SMILES string of the molecule is C=CCNC(=O)CN1CCN(Cn2ccn(-c3ccc(OC)cc3)c2=S)CC1. The predicted molar refractivity (Wildman–Crippen MR) is 112 cm³/mol. The third-order valence-electron chi connectivity index (χ3n) is 4.83. The molecule has 1 amide bonds. The van der Waals surface area contributed by atoms with E-state index in [9.17, 15) is 4.79 Å². The highest BCUT2D eigenvalue weighted by molar-refractivity contribution is 7.71. The summed E-state index contributed by atoms with van der Waals surface area (Å²) >= 11 is 5.65. The van der Waals surface area contributed by atoms with Gasteiger partial charge in [-0.05, 0) is 36.5 Å². The van der Waals surface area contributed by atoms with Gasteiger partial charge in [0.1, 0.15) is 5.75 Å². The Kier molecular flexibility index (Phi) is 7.02. The number of imidazole rings is 1. The highest BCUT2D eigenvalue weighted by atomic mass is 32.1. The molecule has 1 aromatic carbocycles. The van der Waals surface area contributed by atoms with Crippen molar-refractivity contribution in [2.45, 2.75) is 6.67 Å². The van der Waals surface area contributed by atoms with Crippen molar-refractivity contribution in [1.82, 2.24) is 24.3 Å². The van der Waals surface area contributed by atoms with Crippen LogP contribution in [0.25, 0.3) is 5.69 Å². The number of nitrogens with zero attached hydrogens (tertiary/aromatic N) is 4. The standard InChI is InChI=1S/C20H27N5O2S/c1-3-8-21-19(26)15-22-9-11-23(12-10-22)16-24-13-14-25(20(24)28)17-4-6-18(27-2)7-5-17/h3-7,13-14H,1,8-12,15-16H2,2H3,(H,21,26). The summed E-state index contributed by atoms with van der Waals surface area (Å²) in [6, 6.07) is 7.85. The van der Waals surface area contributed by atoms with Crippen LogP contribution in [0.5, 0.6) is 5.75 Å². The van der Waals surface area contributed by atoms with Crippen LogP contribution in [0.3, 0.4) is 0 Å². The Balaban J connectivity index is 1.54. The lowest BCUT2D eigenvalue weighted by Gasteiger charge is -2.34. The van der Waals surface area contributed by atoms with Gasteiger partial charge >= 0.3 is 0 Å². The van der Waals surface area contributed by atoms with Crippen LogP contribution in [-0.4, -0.2) is 71.2 Å². The number of hydrogen-bond acceptors (Lipinski definition) is 5. The summed E-state index contributed by atoms with van der Waals surface area (Å²) in [6.07, 6.45) is 5.70. The van der Waals surface area contributed by atoms with Crippen molar-refractivity contribution in [3.63, 3.8) is 0 Å². The molecular formula is C20H27N5O2S. The molecule has 0 atom stereocenters. The molecule has 8 heteroatoms. The lowest BCUT2D eigenvalue weighted by atomic mass is 10.3. The number of methoxy groups -OCH3 is 1. The lowest BCUT2D eigenvalue weighted by molar-refractivity contribution is -0.122. The third kappa shape index (κ3) is 5.09. The molecule has 0 saturated carbocycles. The molecule has 1 aliphatic heterocycles. The molecule has 1 aromatic heterocycles. The minimum atomic E-state index is 0.0483. The van der Waals surface area contributed by atoms with E-state index in [-0.39, 0.29) is 5.91 Å². The first-order valence-electron chi connectivity index (χ1n) is 9.35. The molecule has 150 valence electrons. The van der Waals surface area contributed by atoms with Crippen LogP contribution in [0, 0.1) is 4.77 Å². The Morgan fingerprint density at radius 3 is 2.50 bits per heavy atom. The Morgan fingerprint density at radius 1 is 1.18 bits per heavy atom. The summed E-state index contributed by atoms with van der Waals surface area (Å²) in [5, 5.41) is 2.82. The molecule has 2 aromatic rings. The fourth-order valence-electron chi connectivity index (χ4n) is 3.21. The second kappa shape index (κ2) is 9.68. The first-order valence-corrected chi connectivity index (χ1v) is 9.76. The van der Waals surface area contributed by atoms with Crippen molar-refractivity contribution < 1.29 is 9.53 Å². The highest BCUT2D eigenvalue weighted by Crippen LogP contribution is 2.16. The number of benzene rings is 1. The number of hydrogen-bond donors (Lipinski definition) is 1. The number of carbonyl (C=O) groups is 1. The van der Waals surface area contributed by atoms with Gasteiger partial charge in [-0.25, -0.2) is 0 Å². The smallest absolute Gasteiger partial charge is 0.234 e. The Morgan fingerprint density at radius 2 is 1.86 bits per heavy atom. The number of amides is 1. The molecule has 0 unspecified atom stereocenters. The average molecular weight is 402 g/mol. The first-order chi connectivity index (χ1) is 13.6. The van der Waals surface area contributed by atoms with Crippen LogP contribution >= 0.6 is 12.2 Å². The van der Waals surface area contributed by atoms with Gasteiger partial charge in [0.15, 0.2) is 4.77 Å². The molecule has 1 saturated heterocycles. The normalized spacial score (nSPS) is 15.3. The zero-order chi connectivity index (χ0) is 19.9. The number of carbonyl (C=O) groups excluding carboxylic acids is 1. The monoisotopic (exact) mass is 401 g/mol. The number of rotatable bonds is 8. The predicted octanol–water partition coefficient (Wildman–Crippen LogP) is 1.89.